The first-order valence-corrected chi connectivity index (χ1v) is 8.79. The molecule has 2 rings (SSSR count). The van der Waals surface area contributed by atoms with Gasteiger partial charge < -0.3 is 10.0 Å². The first-order chi connectivity index (χ1) is 11.0. The molecule has 6 nitrogen and oxygen atoms in total. The van der Waals surface area contributed by atoms with E-state index in [9.17, 15) is 15.2 Å². The Morgan fingerprint density at radius 2 is 1.96 bits per heavy atom. The van der Waals surface area contributed by atoms with E-state index in [-0.39, 0.29) is 18.6 Å². The summed E-state index contributed by atoms with van der Waals surface area (Å²) in [5.41, 5.74) is 0. The van der Waals surface area contributed by atoms with Crippen molar-refractivity contribution in [2.75, 3.05) is 52.4 Å². The zero-order chi connectivity index (χ0) is 16.8. The summed E-state index contributed by atoms with van der Waals surface area (Å²) in [7, 11) is 0. The Morgan fingerprint density at radius 3 is 2.52 bits per heavy atom. The standard InChI is InChI=1S/C17H30N4O2/c1-14(2)16(10-18)20-6-8-21(9-7-20)17(23)12-19-5-3-4-15(11-19)13-22/h14-16,22H,3-9,11-13H2,1-2H3. The molecule has 23 heavy (non-hydrogen) atoms. The van der Waals surface area contributed by atoms with Crippen LogP contribution in [0, 0.1) is 23.2 Å². The van der Waals surface area contributed by atoms with E-state index in [4.69, 9.17) is 0 Å². The molecule has 0 aromatic rings. The van der Waals surface area contributed by atoms with E-state index >= 15 is 0 Å². The van der Waals surface area contributed by atoms with E-state index in [1.165, 1.54) is 0 Å². The Kier molecular flexibility index (Phi) is 6.82. The Balaban J connectivity index is 1.78. The number of carbonyl (C=O) groups excluding carboxylic acids is 1. The van der Waals surface area contributed by atoms with Crippen LogP contribution in [-0.4, -0.2) is 84.2 Å². The minimum absolute atomic E-state index is 0.0559. The molecule has 0 aliphatic carbocycles. The van der Waals surface area contributed by atoms with Gasteiger partial charge in [0.15, 0.2) is 0 Å². The number of nitriles is 1. The van der Waals surface area contributed by atoms with Crippen molar-refractivity contribution >= 4 is 5.91 Å². The average Bonchev–Trinajstić information content (AvgIpc) is 2.56. The fourth-order valence-electron chi connectivity index (χ4n) is 3.64. The van der Waals surface area contributed by atoms with Gasteiger partial charge in [0.1, 0.15) is 6.04 Å². The predicted molar refractivity (Wildman–Crippen MR) is 88.6 cm³/mol. The molecule has 2 unspecified atom stereocenters. The van der Waals surface area contributed by atoms with Crippen LogP contribution < -0.4 is 0 Å². The number of piperidine rings is 1. The lowest BCUT2D eigenvalue weighted by atomic mass is 9.99. The van der Waals surface area contributed by atoms with Gasteiger partial charge in [0.25, 0.3) is 0 Å². The summed E-state index contributed by atoms with van der Waals surface area (Å²) in [5.74, 6) is 0.808. The number of rotatable bonds is 5. The Bertz CT molecular complexity index is 427. The molecule has 2 aliphatic rings. The smallest absolute Gasteiger partial charge is 0.236 e. The normalized spacial score (nSPS) is 25.3. The molecule has 2 saturated heterocycles. The van der Waals surface area contributed by atoms with E-state index in [0.717, 1.165) is 39.0 Å². The molecule has 1 amide bonds. The molecule has 0 bridgehead atoms. The lowest BCUT2D eigenvalue weighted by Crippen LogP contribution is -2.54. The summed E-state index contributed by atoms with van der Waals surface area (Å²) in [4.78, 5) is 18.8. The molecule has 2 heterocycles. The highest BCUT2D eigenvalue weighted by Gasteiger charge is 2.29. The fraction of sp³-hybridized carbons (Fsp3) is 0.882. The summed E-state index contributed by atoms with van der Waals surface area (Å²) in [6, 6.07) is 2.33. The van der Waals surface area contributed by atoms with Crippen LogP contribution in [0.4, 0.5) is 0 Å². The van der Waals surface area contributed by atoms with Crippen LogP contribution in [0.5, 0.6) is 0 Å². The van der Waals surface area contributed by atoms with Gasteiger partial charge >= 0.3 is 0 Å². The van der Waals surface area contributed by atoms with Gasteiger partial charge in [0.2, 0.25) is 5.91 Å². The van der Waals surface area contributed by atoms with Gasteiger partial charge in [-0.1, -0.05) is 13.8 Å². The summed E-state index contributed by atoms with van der Waals surface area (Å²) in [6.45, 7) is 9.57. The number of hydrogen-bond donors (Lipinski definition) is 1. The number of nitrogens with zero attached hydrogens (tertiary/aromatic N) is 4. The van der Waals surface area contributed by atoms with Gasteiger partial charge in [-0.25, -0.2) is 0 Å². The molecule has 0 spiro atoms. The van der Waals surface area contributed by atoms with Crippen molar-refractivity contribution in [3.63, 3.8) is 0 Å². The van der Waals surface area contributed by atoms with Crippen molar-refractivity contribution in [1.29, 1.82) is 5.26 Å². The predicted octanol–water partition coefficient (Wildman–Crippen LogP) is 0.383. The average molecular weight is 322 g/mol. The molecule has 6 heteroatoms. The Morgan fingerprint density at radius 1 is 1.26 bits per heavy atom. The van der Waals surface area contributed by atoms with Crippen molar-refractivity contribution in [2.24, 2.45) is 11.8 Å². The Hall–Kier alpha value is -1.16. The minimum Gasteiger partial charge on any atom is -0.396 e. The van der Waals surface area contributed by atoms with E-state index in [2.05, 4.69) is 29.7 Å². The third-order valence-corrected chi connectivity index (χ3v) is 5.04. The fourth-order valence-corrected chi connectivity index (χ4v) is 3.64. The number of amides is 1. The van der Waals surface area contributed by atoms with Gasteiger partial charge in [0.05, 0.1) is 12.6 Å². The molecule has 0 aromatic carbocycles. The number of piperazine rings is 1. The minimum atomic E-state index is -0.0559. The lowest BCUT2D eigenvalue weighted by Gasteiger charge is -2.39. The highest BCUT2D eigenvalue weighted by molar-refractivity contribution is 5.78. The summed E-state index contributed by atoms with van der Waals surface area (Å²) < 4.78 is 0. The lowest BCUT2D eigenvalue weighted by molar-refractivity contribution is -0.135. The summed E-state index contributed by atoms with van der Waals surface area (Å²) in [6.07, 6.45) is 2.12. The van der Waals surface area contributed by atoms with Crippen LogP contribution in [0.25, 0.3) is 0 Å². The first-order valence-electron chi connectivity index (χ1n) is 8.79. The molecule has 0 aromatic heterocycles. The Labute approximate surface area is 139 Å². The second kappa shape index (κ2) is 8.62. The molecule has 130 valence electrons. The SMILES string of the molecule is CC(C)C(C#N)N1CCN(C(=O)CN2CCCC(CO)C2)CC1. The maximum Gasteiger partial charge on any atom is 0.236 e. The highest BCUT2D eigenvalue weighted by Crippen LogP contribution is 2.17. The monoisotopic (exact) mass is 322 g/mol. The number of aliphatic hydroxyl groups is 1. The van der Waals surface area contributed by atoms with Gasteiger partial charge in [0, 0.05) is 39.3 Å². The van der Waals surface area contributed by atoms with Crippen LogP contribution in [0.2, 0.25) is 0 Å². The van der Waals surface area contributed by atoms with Crippen molar-refractivity contribution in [1.82, 2.24) is 14.7 Å². The van der Waals surface area contributed by atoms with Crippen molar-refractivity contribution < 1.29 is 9.90 Å². The number of likely N-dealkylation sites (tertiary alicyclic amines) is 1. The third-order valence-electron chi connectivity index (χ3n) is 5.04. The number of carbonyl (C=O) groups is 1. The van der Waals surface area contributed by atoms with Crippen molar-refractivity contribution in [3.05, 3.63) is 0 Å². The highest BCUT2D eigenvalue weighted by atomic mass is 16.3. The number of aliphatic hydroxyl groups excluding tert-OH is 1. The molecule has 1 N–H and O–H groups in total. The van der Waals surface area contributed by atoms with Crippen LogP contribution in [0.3, 0.4) is 0 Å². The van der Waals surface area contributed by atoms with Crippen LogP contribution in [-0.2, 0) is 4.79 Å². The summed E-state index contributed by atoms with van der Waals surface area (Å²) in [5, 5.41) is 18.6. The van der Waals surface area contributed by atoms with Crippen molar-refractivity contribution in [3.8, 4) is 6.07 Å². The zero-order valence-electron chi connectivity index (χ0n) is 14.4. The quantitative estimate of drug-likeness (QED) is 0.792. The molecule has 0 saturated carbocycles. The maximum absolute atomic E-state index is 12.5. The maximum atomic E-state index is 12.5. The second-order valence-corrected chi connectivity index (χ2v) is 7.16. The van der Waals surface area contributed by atoms with E-state index < -0.39 is 0 Å². The number of hydrogen-bond acceptors (Lipinski definition) is 5. The molecular weight excluding hydrogens is 292 g/mol. The molecule has 2 atom stereocenters. The van der Waals surface area contributed by atoms with Gasteiger partial charge in [-0.05, 0) is 31.2 Å². The van der Waals surface area contributed by atoms with Gasteiger partial charge in [-0.15, -0.1) is 0 Å². The van der Waals surface area contributed by atoms with Gasteiger partial charge in [-0.2, -0.15) is 5.26 Å². The molecule has 2 fully saturated rings. The third kappa shape index (κ3) is 4.90. The zero-order valence-corrected chi connectivity index (χ0v) is 14.4. The largest absolute Gasteiger partial charge is 0.396 e. The van der Waals surface area contributed by atoms with Crippen LogP contribution >= 0.6 is 0 Å². The second-order valence-electron chi connectivity index (χ2n) is 7.16. The topological polar surface area (TPSA) is 70.8 Å². The van der Waals surface area contributed by atoms with Crippen molar-refractivity contribution in [2.45, 2.75) is 32.7 Å². The van der Waals surface area contributed by atoms with E-state index in [1.54, 1.807) is 0 Å². The van der Waals surface area contributed by atoms with Crippen LogP contribution in [0.15, 0.2) is 0 Å². The van der Waals surface area contributed by atoms with Crippen LogP contribution in [0.1, 0.15) is 26.7 Å². The molecular formula is C17H30N4O2. The van der Waals surface area contributed by atoms with E-state index in [0.29, 0.717) is 31.5 Å². The summed E-state index contributed by atoms with van der Waals surface area (Å²) >= 11 is 0. The molecule has 0 radical (unpaired) electrons. The van der Waals surface area contributed by atoms with E-state index in [1.807, 2.05) is 4.90 Å². The van der Waals surface area contributed by atoms with Gasteiger partial charge in [-0.3, -0.25) is 14.6 Å². The molecule has 2 aliphatic heterocycles. The first kappa shape index (κ1) is 18.2.